The van der Waals surface area contributed by atoms with Crippen LogP contribution in [-0.4, -0.2) is 60.6 Å². The first-order valence-corrected chi connectivity index (χ1v) is 16.7. The van der Waals surface area contributed by atoms with Gasteiger partial charge in [0, 0.05) is 24.0 Å². The van der Waals surface area contributed by atoms with E-state index in [4.69, 9.17) is 18.9 Å². The Bertz CT molecular complexity index is 1690. The number of aromatic hydroxyl groups is 2. The van der Waals surface area contributed by atoms with E-state index in [-0.39, 0.29) is 57.6 Å². The van der Waals surface area contributed by atoms with Crippen LogP contribution in [0.2, 0.25) is 0 Å². The third-order valence-corrected chi connectivity index (χ3v) is 8.61. The molecule has 14 heteroatoms. The highest BCUT2D eigenvalue weighted by molar-refractivity contribution is 9.11. The number of ether oxygens (including phenoxy) is 4. The number of halogens is 2. The van der Waals surface area contributed by atoms with Gasteiger partial charge in [-0.2, -0.15) is 0 Å². The van der Waals surface area contributed by atoms with Crippen molar-refractivity contribution in [3.8, 4) is 22.6 Å². The third kappa shape index (κ3) is 10.5. The molecule has 0 saturated carbocycles. The molecule has 0 saturated heterocycles. The molecule has 0 spiro atoms. The van der Waals surface area contributed by atoms with Gasteiger partial charge in [-0.1, -0.05) is 60.7 Å². The summed E-state index contributed by atoms with van der Waals surface area (Å²) in [6, 6.07) is 21.9. The highest BCUT2D eigenvalue weighted by atomic mass is 79.9. The van der Waals surface area contributed by atoms with Crippen molar-refractivity contribution in [2.75, 3.05) is 14.2 Å². The molecule has 2 atom stereocenters. The third-order valence-electron chi connectivity index (χ3n) is 7.40. The van der Waals surface area contributed by atoms with Gasteiger partial charge in [-0.05, 0) is 78.4 Å². The number of amides is 2. The molecule has 12 nitrogen and oxygen atoms in total. The fraction of sp³-hybridized carbons (Fsp3) is 0.222. The molecule has 262 valence electrons. The molecule has 0 aliphatic rings. The molecule has 4 aromatic rings. The quantitative estimate of drug-likeness (QED) is 0.0887. The Morgan fingerprint density at radius 2 is 0.960 bits per heavy atom. The summed E-state index contributed by atoms with van der Waals surface area (Å²) >= 11 is 6.67. The van der Waals surface area contributed by atoms with E-state index in [9.17, 15) is 29.4 Å². The molecular weight excluding hydrogens is 780 g/mol. The molecule has 4 aromatic carbocycles. The van der Waals surface area contributed by atoms with Gasteiger partial charge < -0.3 is 39.8 Å². The van der Waals surface area contributed by atoms with Crippen molar-refractivity contribution in [3.05, 3.63) is 116 Å². The van der Waals surface area contributed by atoms with Gasteiger partial charge in [-0.15, -0.1) is 0 Å². The van der Waals surface area contributed by atoms with Crippen molar-refractivity contribution >= 4 is 56.0 Å². The zero-order valence-electron chi connectivity index (χ0n) is 27.0. The Morgan fingerprint density at radius 1 is 0.600 bits per heavy atom. The van der Waals surface area contributed by atoms with Crippen molar-refractivity contribution in [1.29, 1.82) is 0 Å². The average Bonchev–Trinajstić information content (AvgIpc) is 3.12. The number of benzene rings is 4. The van der Waals surface area contributed by atoms with Crippen molar-refractivity contribution in [3.63, 3.8) is 0 Å². The maximum absolute atomic E-state index is 12.7. The molecule has 0 aliphatic heterocycles. The second kappa shape index (κ2) is 18.1. The second-order valence-electron chi connectivity index (χ2n) is 10.9. The number of hydrogen-bond donors (Lipinski definition) is 4. The predicted molar refractivity (Wildman–Crippen MR) is 189 cm³/mol. The summed E-state index contributed by atoms with van der Waals surface area (Å²) in [5.74, 6) is -1.93. The van der Waals surface area contributed by atoms with Crippen LogP contribution in [0.4, 0.5) is 9.59 Å². The predicted octanol–water partition coefficient (Wildman–Crippen LogP) is 6.31. The summed E-state index contributed by atoms with van der Waals surface area (Å²) in [4.78, 5) is 50.5. The van der Waals surface area contributed by atoms with Gasteiger partial charge in [0.05, 0.1) is 23.2 Å². The van der Waals surface area contributed by atoms with Gasteiger partial charge in [0.15, 0.2) is 0 Å². The van der Waals surface area contributed by atoms with Crippen LogP contribution in [0.3, 0.4) is 0 Å². The van der Waals surface area contributed by atoms with E-state index in [1.54, 1.807) is 60.7 Å². The zero-order chi connectivity index (χ0) is 36.2. The van der Waals surface area contributed by atoms with Crippen LogP contribution < -0.4 is 10.6 Å². The lowest BCUT2D eigenvalue weighted by Crippen LogP contribution is -2.43. The van der Waals surface area contributed by atoms with Crippen LogP contribution in [0.15, 0.2) is 93.9 Å². The molecule has 0 radical (unpaired) electrons. The number of esters is 2. The number of rotatable bonds is 13. The Balaban J connectivity index is 1.56. The number of nitrogens with one attached hydrogen (secondary N) is 2. The van der Waals surface area contributed by atoms with E-state index in [0.717, 1.165) is 11.1 Å². The number of carbonyl (C=O) groups is 4. The molecule has 0 bridgehead atoms. The number of carbonyl (C=O) groups excluding carboxylic acids is 4. The van der Waals surface area contributed by atoms with Crippen molar-refractivity contribution in [1.82, 2.24) is 10.6 Å². The first-order chi connectivity index (χ1) is 24.0. The minimum atomic E-state index is -1.16. The highest BCUT2D eigenvalue weighted by Gasteiger charge is 2.27. The van der Waals surface area contributed by atoms with Crippen LogP contribution in [0.5, 0.6) is 11.5 Å². The Hall–Kier alpha value is -5.08. The van der Waals surface area contributed by atoms with Gasteiger partial charge >= 0.3 is 24.1 Å². The van der Waals surface area contributed by atoms with Crippen LogP contribution >= 0.6 is 31.9 Å². The van der Waals surface area contributed by atoms with Crippen molar-refractivity contribution in [2.24, 2.45) is 0 Å². The number of phenolic OH excluding ortho intramolecular Hbond substituents is 2. The maximum atomic E-state index is 12.7. The Labute approximate surface area is 305 Å². The van der Waals surface area contributed by atoms with Crippen LogP contribution in [-0.2, 0) is 54.6 Å². The first-order valence-electron chi connectivity index (χ1n) is 15.1. The molecule has 4 rings (SSSR count). The van der Waals surface area contributed by atoms with E-state index in [2.05, 4.69) is 42.5 Å². The lowest BCUT2D eigenvalue weighted by atomic mass is 9.95. The van der Waals surface area contributed by atoms with Gasteiger partial charge in [-0.25, -0.2) is 19.2 Å². The molecule has 0 fully saturated rings. The van der Waals surface area contributed by atoms with Gasteiger partial charge in [-0.3, -0.25) is 0 Å². The second-order valence-corrected chi connectivity index (χ2v) is 12.6. The monoisotopic (exact) mass is 812 g/mol. The largest absolute Gasteiger partial charge is 0.506 e. The molecule has 0 heterocycles. The van der Waals surface area contributed by atoms with Crippen molar-refractivity contribution in [2.45, 2.75) is 38.1 Å². The van der Waals surface area contributed by atoms with Crippen LogP contribution in [0.25, 0.3) is 11.1 Å². The minimum absolute atomic E-state index is 0.0127. The summed E-state index contributed by atoms with van der Waals surface area (Å²) in [5.41, 5.74) is 2.78. The lowest BCUT2D eigenvalue weighted by molar-refractivity contribution is -0.143. The number of alkyl carbamates (subject to hydrolysis) is 2. The molecule has 4 N–H and O–H groups in total. The fourth-order valence-corrected chi connectivity index (χ4v) is 5.93. The summed E-state index contributed by atoms with van der Waals surface area (Å²) in [6.07, 6.45) is -1.82. The summed E-state index contributed by atoms with van der Waals surface area (Å²) in [5, 5.41) is 27.2. The highest BCUT2D eigenvalue weighted by Crippen LogP contribution is 2.44. The van der Waals surface area contributed by atoms with E-state index < -0.39 is 36.2 Å². The van der Waals surface area contributed by atoms with Gasteiger partial charge in [0.25, 0.3) is 0 Å². The van der Waals surface area contributed by atoms with E-state index in [0.29, 0.717) is 11.1 Å². The number of methoxy groups -OCH3 is 2. The molecule has 0 unspecified atom stereocenters. The fourth-order valence-electron chi connectivity index (χ4n) is 4.91. The molecule has 50 heavy (non-hydrogen) atoms. The topological polar surface area (TPSA) is 170 Å². The van der Waals surface area contributed by atoms with E-state index in [1.165, 1.54) is 26.4 Å². The van der Waals surface area contributed by atoms with Crippen molar-refractivity contribution < 1.29 is 48.3 Å². The standard InChI is InChI=1S/C36H34Br2N2O10/c1-47-33(43)29(39-35(45)49-19-21-9-5-3-6-10-21)17-23-13-25(31(41)27(37)15-23)26-14-24(16-28(38)32(26)42)18-30(34(44)48-2)40-36(46)50-20-22-11-7-4-8-12-22/h3-16,29-30,41-42H,17-20H2,1-2H3,(H,39,45)(H,40,46)/t29-,30-/m0/s1. The smallest absolute Gasteiger partial charge is 0.408 e. The van der Waals surface area contributed by atoms with Gasteiger partial charge in [0.1, 0.15) is 36.8 Å². The Morgan fingerprint density at radius 3 is 1.30 bits per heavy atom. The molecule has 2 amide bonds. The Kier molecular flexibility index (Phi) is 13.6. The van der Waals surface area contributed by atoms with E-state index in [1.807, 2.05) is 12.1 Å². The minimum Gasteiger partial charge on any atom is -0.506 e. The summed E-state index contributed by atoms with van der Waals surface area (Å²) in [7, 11) is 2.37. The number of hydrogen-bond acceptors (Lipinski definition) is 10. The number of phenols is 2. The maximum Gasteiger partial charge on any atom is 0.408 e. The summed E-state index contributed by atoms with van der Waals surface area (Å²) in [6.45, 7) is -0.0254. The first kappa shape index (κ1) is 37.7. The molecule has 0 aliphatic carbocycles. The average molecular weight is 814 g/mol. The summed E-state index contributed by atoms with van der Waals surface area (Å²) < 4.78 is 20.8. The van der Waals surface area contributed by atoms with Crippen LogP contribution in [0.1, 0.15) is 22.3 Å². The van der Waals surface area contributed by atoms with Gasteiger partial charge in [0.2, 0.25) is 0 Å². The van der Waals surface area contributed by atoms with Crippen LogP contribution in [0, 0.1) is 0 Å². The molecular formula is C36H34Br2N2O10. The zero-order valence-corrected chi connectivity index (χ0v) is 30.2. The SMILES string of the molecule is COC(=O)[C@H](Cc1cc(Br)c(O)c(-c2cc(C[C@H](NC(=O)OCc3ccccc3)C(=O)OC)cc(Br)c2O)c1)NC(=O)OCc1ccccc1. The molecule has 0 aromatic heterocycles. The van der Waals surface area contributed by atoms with E-state index >= 15 is 0 Å². The normalized spacial score (nSPS) is 11.8. The lowest BCUT2D eigenvalue weighted by Gasteiger charge is -2.19.